The van der Waals surface area contributed by atoms with Crippen molar-refractivity contribution in [1.82, 2.24) is 0 Å². The molecular formula is C23H20N4O2. The van der Waals surface area contributed by atoms with Crippen LogP contribution < -0.4 is 21.1 Å². The van der Waals surface area contributed by atoms with E-state index in [9.17, 15) is 10.1 Å². The Labute approximate surface area is 169 Å². The third-order valence-corrected chi connectivity index (χ3v) is 4.04. The third-order valence-electron chi connectivity index (χ3n) is 4.04. The van der Waals surface area contributed by atoms with Crippen molar-refractivity contribution < 1.29 is 9.53 Å². The van der Waals surface area contributed by atoms with Gasteiger partial charge in [-0.05, 0) is 61.0 Å². The average molecular weight is 384 g/mol. The quantitative estimate of drug-likeness (QED) is 0.321. The zero-order valence-corrected chi connectivity index (χ0v) is 15.8. The van der Waals surface area contributed by atoms with Gasteiger partial charge in [0, 0.05) is 11.9 Å². The highest BCUT2D eigenvalue weighted by Gasteiger charge is 2.10. The van der Waals surface area contributed by atoms with E-state index in [1.807, 2.05) is 49.4 Å². The predicted molar refractivity (Wildman–Crippen MR) is 114 cm³/mol. The number of rotatable bonds is 6. The molecule has 0 saturated carbocycles. The lowest BCUT2D eigenvalue weighted by molar-refractivity contribution is -0.112. The number of carbonyl (C=O) groups is 1. The molecule has 4 N–H and O–H groups in total. The Morgan fingerprint density at radius 2 is 1.72 bits per heavy atom. The summed E-state index contributed by atoms with van der Waals surface area (Å²) in [5, 5.41) is 14.9. The molecule has 0 aliphatic carbocycles. The van der Waals surface area contributed by atoms with Gasteiger partial charge < -0.3 is 21.1 Å². The Kier molecular flexibility index (Phi) is 6.13. The summed E-state index contributed by atoms with van der Waals surface area (Å²) in [7, 11) is 0. The first kappa shape index (κ1) is 19.5. The zero-order chi connectivity index (χ0) is 20.6. The SMILES string of the molecule is Cc1ccc(N/C=C(/C#N)C(=O)Nc2ccc(Oc3ccccc3)cc2)c(N)c1. The molecule has 3 aromatic carbocycles. The fourth-order valence-corrected chi connectivity index (χ4v) is 2.54. The molecule has 0 spiro atoms. The second-order valence-electron chi connectivity index (χ2n) is 6.30. The molecule has 0 aromatic heterocycles. The molecule has 29 heavy (non-hydrogen) atoms. The van der Waals surface area contributed by atoms with Gasteiger partial charge in [-0.25, -0.2) is 0 Å². The summed E-state index contributed by atoms with van der Waals surface area (Å²) in [5.41, 5.74) is 8.59. The molecule has 0 unspecified atom stereocenters. The van der Waals surface area contributed by atoms with Crippen molar-refractivity contribution >= 4 is 23.0 Å². The highest BCUT2D eigenvalue weighted by Crippen LogP contribution is 2.23. The van der Waals surface area contributed by atoms with Gasteiger partial charge >= 0.3 is 0 Å². The molecule has 144 valence electrons. The number of nitriles is 1. The van der Waals surface area contributed by atoms with Crippen molar-refractivity contribution in [2.24, 2.45) is 0 Å². The number of nitrogens with two attached hydrogens (primary N) is 1. The van der Waals surface area contributed by atoms with Crippen LogP contribution in [0.2, 0.25) is 0 Å². The molecule has 0 atom stereocenters. The van der Waals surface area contributed by atoms with Gasteiger partial charge in [0.1, 0.15) is 23.1 Å². The summed E-state index contributed by atoms with van der Waals surface area (Å²) < 4.78 is 5.72. The summed E-state index contributed by atoms with van der Waals surface area (Å²) >= 11 is 0. The van der Waals surface area contributed by atoms with Crippen molar-refractivity contribution in [3.8, 4) is 17.6 Å². The van der Waals surface area contributed by atoms with Crippen LogP contribution in [0.1, 0.15) is 5.56 Å². The number of benzene rings is 3. The van der Waals surface area contributed by atoms with Crippen LogP contribution in [0.3, 0.4) is 0 Å². The van der Waals surface area contributed by atoms with Crippen LogP contribution in [0.5, 0.6) is 11.5 Å². The summed E-state index contributed by atoms with van der Waals surface area (Å²) in [4.78, 5) is 12.4. The smallest absolute Gasteiger partial charge is 0.267 e. The first-order valence-corrected chi connectivity index (χ1v) is 8.92. The number of nitrogens with one attached hydrogen (secondary N) is 2. The number of hydrogen-bond donors (Lipinski definition) is 3. The molecule has 0 aliphatic heterocycles. The summed E-state index contributed by atoms with van der Waals surface area (Å²) in [6, 6.07) is 23.7. The van der Waals surface area contributed by atoms with Crippen molar-refractivity contribution in [3.63, 3.8) is 0 Å². The van der Waals surface area contributed by atoms with Crippen LogP contribution in [0.25, 0.3) is 0 Å². The zero-order valence-electron chi connectivity index (χ0n) is 15.8. The number of hydrogen-bond acceptors (Lipinski definition) is 5. The van der Waals surface area contributed by atoms with Crippen LogP contribution in [0, 0.1) is 18.3 Å². The lowest BCUT2D eigenvalue weighted by atomic mass is 10.2. The van der Waals surface area contributed by atoms with Crippen LogP contribution in [0.4, 0.5) is 17.1 Å². The van der Waals surface area contributed by atoms with E-state index in [0.29, 0.717) is 22.8 Å². The highest BCUT2D eigenvalue weighted by atomic mass is 16.5. The highest BCUT2D eigenvalue weighted by molar-refractivity contribution is 6.06. The number of aryl methyl sites for hydroxylation is 1. The Bertz CT molecular complexity index is 1070. The molecule has 1 amide bonds. The van der Waals surface area contributed by atoms with E-state index in [2.05, 4.69) is 10.6 Å². The maximum atomic E-state index is 12.4. The number of carbonyl (C=O) groups excluding carboxylic acids is 1. The largest absolute Gasteiger partial charge is 0.457 e. The lowest BCUT2D eigenvalue weighted by Gasteiger charge is -2.09. The molecule has 0 heterocycles. The molecule has 0 bridgehead atoms. The average Bonchev–Trinajstić information content (AvgIpc) is 2.72. The van der Waals surface area contributed by atoms with Crippen LogP contribution in [-0.4, -0.2) is 5.91 Å². The minimum atomic E-state index is -0.526. The fourth-order valence-electron chi connectivity index (χ4n) is 2.54. The minimum absolute atomic E-state index is 0.0745. The van der Waals surface area contributed by atoms with Crippen molar-refractivity contribution in [2.75, 3.05) is 16.4 Å². The van der Waals surface area contributed by atoms with Crippen LogP contribution >= 0.6 is 0 Å². The maximum absolute atomic E-state index is 12.4. The number of ether oxygens (including phenoxy) is 1. The number of para-hydroxylation sites is 1. The van der Waals surface area contributed by atoms with E-state index in [-0.39, 0.29) is 5.57 Å². The monoisotopic (exact) mass is 384 g/mol. The van der Waals surface area contributed by atoms with E-state index >= 15 is 0 Å². The Morgan fingerprint density at radius 1 is 1.03 bits per heavy atom. The summed E-state index contributed by atoms with van der Waals surface area (Å²) in [6.07, 6.45) is 1.34. The van der Waals surface area contributed by atoms with Gasteiger partial charge in [0.05, 0.1) is 11.4 Å². The van der Waals surface area contributed by atoms with Gasteiger partial charge in [-0.3, -0.25) is 4.79 Å². The summed E-state index contributed by atoms with van der Waals surface area (Å²) in [5.74, 6) is 0.838. The van der Waals surface area contributed by atoms with Gasteiger partial charge in [0.2, 0.25) is 0 Å². The molecule has 3 rings (SSSR count). The van der Waals surface area contributed by atoms with Gasteiger partial charge in [-0.1, -0.05) is 24.3 Å². The second-order valence-corrected chi connectivity index (χ2v) is 6.30. The predicted octanol–water partition coefficient (Wildman–Crippen LogP) is 4.83. The van der Waals surface area contributed by atoms with Gasteiger partial charge in [0.25, 0.3) is 5.91 Å². The molecule has 0 aliphatic rings. The van der Waals surface area contributed by atoms with Crippen LogP contribution in [-0.2, 0) is 4.79 Å². The Morgan fingerprint density at radius 3 is 2.38 bits per heavy atom. The molecule has 6 heteroatoms. The number of amides is 1. The first-order valence-electron chi connectivity index (χ1n) is 8.92. The lowest BCUT2D eigenvalue weighted by Crippen LogP contribution is -2.14. The first-order chi connectivity index (χ1) is 14.0. The maximum Gasteiger partial charge on any atom is 0.267 e. The number of nitrogens with zero attached hydrogens (tertiary/aromatic N) is 1. The molecule has 0 radical (unpaired) electrons. The standard InChI is InChI=1S/C23H20N4O2/c1-16-7-12-22(21(25)13-16)26-15-17(14-24)23(28)27-18-8-10-20(11-9-18)29-19-5-3-2-4-6-19/h2-13,15,26H,25H2,1H3,(H,27,28)/b17-15-. The van der Waals surface area contributed by atoms with E-state index in [4.69, 9.17) is 10.5 Å². The van der Waals surface area contributed by atoms with E-state index in [1.165, 1.54) is 6.20 Å². The van der Waals surface area contributed by atoms with Gasteiger partial charge in [0.15, 0.2) is 0 Å². The fraction of sp³-hybridized carbons (Fsp3) is 0.0435. The minimum Gasteiger partial charge on any atom is -0.457 e. The Hall–Kier alpha value is -4.24. The molecule has 0 saturated heterocycles. The Balaban J connectivity index is 1.64. The van der Waals surface area contributed by atoms with E-state index in [0.717, 1.165) is 11.3 Å². The second kappa shape index (κ2) is 9.11. The van der Waals surface area contributed by atoms with Gasteiger partial charge in [-0.15, -0.1) is 0 Å². The number of nitrogen functional groups attached to an aromatic ring is 1. The van der Waals surface area contributed by atoms with Crippen molar-refractivity contribution in [2.45, 2.75) is 6.92 Å². The third kappa shape index (κ3) is 5.37. The molecular weight excluding hydrogens is 364 g/mol. The van der Waals surface area contributed by atoms with Crippen molar-refractivity contribution in [1.29, 1.82) is 5.26 Å². The van der Waals surface area contributed by atoms with Gasteiger partial charge in [-0.2, -0.15) is 5.26 Å². The number of anilines is 3. The normalized spacial score (nSPS) is 10.7. The van der Waals surface area contributed by atoms with E-state index in [1.54, 1.807) is 36.4 Å². The molecule has 6 nitrogen and oxygen atoms in total. The summed E-state index contributed by atoms with van der Waals surface area (Å²) in [6.45, 7) is 1.93. The van der Waals surface area contributed by atoms with Crippen molar-refractivity contribution in [3.05, 3.63) is 90.1 Å². The van der Waals surface area contributed by atoms with E-state index < -0.39 is 5.91 Å². The molecule has 0 fully saturated rings. The van der Waals surface area contributed by atoms with Crippen LogP contribution in [0.15, 0.2) is 84.6 Å². The molecule has 3 aromatic rings. The topological polar surface area (TPSA) is 100 Å².